The predicted octanol–water partition coefficient (Wildman–Crippen LogP) is 2.78. The Morgan fingerprint density at radius 2 is 1.78 bits per heavy atom. The second kappa shape index (κ2) is 7.23. The zero-order chi connectivity index (χ0) is 18.8. The maximum absolute atomic E-state index is 5.48. The molecule has 0 bridgehead atoms. The van der Waals surface area contributed by atoms with Gasteiger partial charge in [0, 0.05) is 11.3 Å². The van der Waals surface area contributed by atoms with Crippen LogP contribution in [0.4, 0.5) is 0 Å². The summed E-state index contributed by atoms with van der Waals surface area (Å²) in [5.74, 6) is 1.03. The summed E-state index contributed by atoms with van der Waals surface area (Å²) in [5, 5.41) is 8.83. The van der Waals surface area contributed by atoms with Gasteiger partial charge in [0.25, 0.3) is 5.89 Å². The molecule has 0 saturated heterocycles. The quantitative estimate of drug-likeness (QED) is 0.516. The third-order valence-electron chi connectivity index (χ3n) is 4.63. The molecule has 0 spiro atoms. The second-order valence-electron chi connectivity index (χ2n) is 6.81. The molecule has 0 fully saturated rings. The van der Waals surface area contributed by atoms with Gasteiger partial charge in [-0.15, -0.1) is 0 Å². The van der Waals surface area contributed by atoms with Crippen molar-refractivity contribution in [3.8, 4) is 23.0 Å². The molecule has 5 nitrogen and oxygen atoms in total. The Balaban J connectivity index is 1.62. The van der Waals surface area contributed by atoms with Crippen molar-refractivity contribution in [3.63, 3.8) is 0 Å². The van der Waals surface area contributed by atoms with E-state index in [1.54, 1.807) is 0 Å². The van der Waals surface area contributed by atoms with Crippen LogP contribution in [-0.4, -0.2) is 27.8 Å². The molecule has 0 aliphatic rings. The topological polar surface area (TPSA) is 56.7 Å². The van der Waals surface area contributed by atoms with Crippen LogP contribution in [0.1, 0.15) is 23.7 Å². The summed E-state index contributed by atoms with van der Waals surface area (Å²) in [6, 6.07) is 18.6. The Kier molecular flexibility index (Phi) is 4.63. The van der Waals surface area contributed by atoms with Crippen LogP contribution in [0.5, 0.6) is 0 Å². The molecule has 4 rings (SSSR count). The van der Waals surface area contributed by atoms with Crippen molar-refractivity contribution >= 4 is 13.3 Å². The lowest BCUT2D eigenvalue weighted by atomic mass is 9.95. The van der Waals surface area contributed by atoms with Gasteiger partial charge in [-0.3, -0.25) is 4.68 Å². The summed E-state index contributed by atoms with van der Waals surface area (Å²) in [6.07, 6.45) is 0.887. The standard InChI is InChI=1S/C21H21BN4O/c1-3-18-12-19(24-26(18)13-15-6-4-14(2)5-7-15)21-23-20(25-27-21)16-8-10-17(22)11-9-16/h4-12H,3,13,22H2,1-2H3. The van der Waals surface area contributed by atoms with E-state index in [9.17, 15) is 0 Å². The highest BCUT2D eigenvalue weighted by molar-refractivity contribution is 6.32. The van der Waals surface area contributed by atoms with Gasteiger partial charge < -0.3 is 4.52 Å². The average Bonchev–Trinajstić information content (AvgIpc) is 3.31. The van der Waals surface area contributed by atoms with Gasteiger partial charge in [0.1, 0.15) is 7.85 Å². The predicted molar refractivity (Wildman–Crippen MR) is 109 cm³/mol. The summed E-state index contributed by atoms with van der Waals surface area (Å²) in [6.45, 7) is 4.94. The van der Waals surface area contributed by atoms with Crippen LogP contribution in [0.2, 0.25) is 0 Å². The average molecular weight is 356 g/mol. The zero-order valence-corrected chi connectivity index (χ0v) is 15.8. The zero-order valence-electron chi connectivity index (χ0n) is 15.8. The first-order valence-electron chi connectivity index (χ1n) is 9.16. The van der Waals surface area contributed by atoms with Gasteiger partial charge in [0.2, 0.25) is 5.82 Å². The van der Waals surface area contributed by atoms with Crippen molar-refractivity contribution in [3.05, 3.63) is 71.4 Å². The lowest BCUT2D eigenvalue weighted by Gasteiger charge is -2.06. The SMILES string of the molecule is Bc1ccc(-c2noc(-c3cc(CC)n(Cc4ccc(C)cc4)n3)n2)cc1. The number of hydrogen-bond donors (Lipinski definition) is 0. The Labute approximate surface area is 159 Å². The molecule has 2 heterocycles. The van der Waals surface area contributed by atoms with E-state index in [-0.39, 0.29) is 0 Å². The molecule has 27 heavy (non-hydrogen) atoms. The number of benzene rings is 2. The van der Waals surface area contributed by atoms with E-state index in [2.05, 4.69) is 56.1 Å². The monoisotopic (exact) mass is 356 g/mol. The molecule has 0 saturated carbocycles. The van der Waals surface area contributed by atoms with Gasteiger partial charge in [0.15, 0.2) is 5.69 Å². The summed E-state index contributed by atoms with van der Waals surface area (Å²) in [7, 11) is 2.05. The lowest BCUT2D eigenvalue weighted by molar-refractivity contribution is 0.430. The van der Waals surface area contributed by atoms with Gasteiger partial charge in [-0.1, -0.05) is 71.6 Å². The summed E-state index contributed by atoms with van der Waals surface area (Å²) >= 11 is 0. The van der Waals surface area contributed by atoms with Crippen LogP contribution >= 0.6 is 0 Å². The fourth-order valence-electron chi connectivity index (χ4n) is 3.00. The minimum Gasteiger partial charge on any atom is -0.332 e. The molecule has 2 aromatic heterocycles. The third kappa shape index (κ3) is 3.70. The molecule has 0 aliphatic heterocycles. The Hall–Kier alpha value is -3.15. The van der Waals surface area contributed by atoms with Gasteiger partial charge in [0.05, 0.1) is 6.54 Å². The molecule has 2 aromatic carbocycles. The van der Waals surface area contributed by atoms with E-state index in [0.717, 1.165) is 24.2 Å². The van der Waals surface area contributed by atoms with Crippen molar-refractivity contribution in [1.82, 2.24) is 19.9 Å². The van der Waals surface area contributed by atoms with Crippen LogP contribution in [0, 0.1) is 6.92 Å². The smallest absolute Gasteiger partial charge is 0.278 e. The minimum atomic E-state index is 0.447. The van der Waals surface area contributed by atoms with Crippen LogP contribution in [-0.2, 0) is 13.0 Å². The fourth-order valence-corrected chi connectivity index (χ4v) is 3.00. The number of rotatable bonds is 5. The molecule has 6 heteroatoms. The van der Waals surface area contributed by atoms with Gasteiger partial charge in [-0.25, -0.2) is 0 Å². The maximum atomic E-state index is 5.48. The van der Waals surface area contributed by atoms with E-state index in [1.807, 2.05) is 35.0 Å². The van der Waals surface area contributed by atoms with Gasteiger partial charge in [-0.05, 0) is 25.0 Å². The molecule has 0 unspecified atom stereocenters. The molecule has 0 amide bonds. The third-order valence-corrected chi connectivity index (χ3v) is 4.63. The number of aryl methyl sites for hydroxylation is 2. The van der Waals surface area contributed by atoms with E-state index < -0.39 is 0 Å². The molecule has 0 aliphatic carbocycles. The Morgan fingerprint density at radius 1 is 1.04 bits per heavy atom. The highest BCUT2D eigenvalue weighted by Gasteiger charge is 2.16. The first-order chi connectivity index (χ1) is 13.1. The number of nitrogens with zero attached hydrogens (tertiary/aromatic N) is 4. The molecular formula is C21H21BN4O. The van der Waals surface area contributed by atoms with Crippen molar-refractivity contribution in [2.45, 2.75) is 26.8 Å². The van der Waals surface area contributed by atoms with Crippen molar-refractivity contribution in [1.29, 1.82) is 0 Å². The maximum Gasteiger partial charge on any atom is 0.278 e. The molecule has 0 radical (unpaired) electrons. The molecule has 0 N–H and O–H groups in total. The first kappa shape index (κ1) is 17.3. The normalized spacial score (nSPS) is 11.0. The summed E-state index contributed by atoms with van der Waals surface area (Å²) in [5.41, 5.74) is 6.46. The van der Waals surface area contributed by atoms with Crippen molar-refractivity contribution in [2.75, 3.05) is 0 Å². The largest absolute Gasteiger partial charge is 0.332 e. The summed E-state index contributed by atoms with van der Waals surface area (Å²) in [4.78, 5) is 4.53. The number of aromatic nitrogens is 4. The lowest BCUT2D eigenvalue weighted by Crippen LogP contribution is -2.05. The molecule has 134 valence electrons. The fraction of sp³-hybridized carbons (Fsp3) is 0.190. The molecule has 0 atom stereocenters. The van der Waals surface area contributed by atoms with Crippen molar-refractivity contribution in [2.24, 2.45) is 0 Å². The minimum absolute atomic E-state index is 0.447. The number of hydrogen-bond acceptors (Lipinski definition) is 4. The van der Waals surface area contributed by atoms with Gasteiger partial charge in [-0.2, -0.15) is 10.1 Å². The van der Waals surface area contributed by atoms with E-state index in [0.29, 0.717) is 17.4 Å². The van der Waals surface area contributed by atoms with Crippen LogP contribution in [0.3, 0.4) is 0 Å². The highest BCUT2D eigenvalue weighted by atomic mass is 16.5. The molecule has 4 aromatic rings. The van der Waals surface area contributed by atoms with E-state index in [4.69, 9.17) is 9.62 Å². The highest BCUT2D eigenvalue weighted by Crippen LogP contribution is 2.22. The Bertz CT molecular complexity index is 1050. The van der Waals surface area contributed by atoms with E-state index >= 15 is 0 Å². The first-order valence-corrected chi connectivity index (χ1v) is 9.16. The van der Waals surface area contributed by atoms with E-state index in [1.165, 1.54) is 16.6 Å². The summed E-state index contributed by atoms with van der Waals surface area (Å²) < 4.78 is 7.49. The second-order valence-corrected chi connectivity index (χ2v) is 6.81. The van der Waals surface area contributed by atoms with Crippen molar-refractivity contribution < 1.29 is 4.52 Å². The van der Waals surface area contributed by atoms with Crippen LogP contribution in [0.25, 0.3) is 23.0 Å². The Morgan fingerprint density at radius 3 is 2.48 bits per heavy atom. The van der Waals surface area contributed by atoms with Crippen LogP contribution < -0.4 is 5.46 Å². The van der Waals surface area contributed by atoms with Crippen LogP contribution in [0.15, 0.2) is 59.1 Å². The molecular weight excluding hydrogens is 335 g/mol. The van der Waals surface area contributed by atoms with Gasteiger partial charge >= 0.3 is 0 Å².